The van der Waals surface area contributed by atoms with Crippen LogP contribution in [0.15, 0.2) is 40.6 Å². The maximum absolute atomic E-state index is 12.9. The maximum Gasteiger partial charge on any atom is 0.241 e. The number of benzene rings is 1. The Kier molecular flexibility index (Phi) is 6.85. The molecule has 7 heteroatoms. The van der Waals surface area contributed by atoms with Gasteiger partial charge in [0.2, 0.25) is 10.0 Å². The third-order valence-electron chi connectivity index (χ3n) is 3.97. The zero-order valence-electron chi connectivity index (χ0n) is 15.9. The monoisotopic (exact) mass is 397 g/mol. The third-order valence-corrected chi connectivity index (χ3v) is 6.33. The van der Waals surface area contributed by atoms with Crippen molar-refractivity contribution in [3.05, 3.63) is 46.2 Å². The normalized spacial score (nSPS) is 13.6. The molecule has 26 heavy (non-hydrogen) atoms. The lowest BCUT2D eigenvalue weighted by atomic mass is 9.86. The van der Waals surface area contributed by atoms with Crippen LogP contribution in [0.3, 0.4) is 0 Å². The van der Waals surface area contributed by atoms with E-state index in [0.717, 1.165) is 10.4 Å². The number of methoxy groups -OCH3 is 1. The van der Waals surface area contributed by atoms with Crippen LogP contribution in [0, 0.1) is 12.3 Å². The van der Waals surface area contributed by atoms with Gasteiger partial charge in [-0.1, -0.05) is 26.8 Å². The Morgan fingerprint density at radius 1 is 1.19 bits per heavy atom. The topological polar surface area (TPSA) is 64.6 Å². The summed E-state index contributed by atoms with van der Waals surface area (Å²) in [6.07, 6.45) is 0. The number of aryl methyl sites for hydroxylation is 1. The highest BCUT2D eigenvalue weighted by Gasteiger charge is 2.31. The molecule has 1 heterocycles. The van der Waals surface area contributed by atoms with Gasteiger partial charge < -0.3 is 9.47 Å². The van der Waals surface area contributed by atoms with E-state index in [0.29, 0.717) is 19.0 Å². The second kappa shape index (κ2) is 8.52. The fourth-order valence-corrected chi connectivity index (χ4v) is 5.13. The van der Waals surface area contributed by atoms with Gasteiger partial charge in [-0.05, 0) is 47.5 Å². The summed E-state index contributed by atoms with van der Waals surface area (Å²) in [6.45, 7) is 8.82. The third kappa shape index (κ3) is 5.30. The van der Waals surface area contributed by atoms with Gasteiger partial charge in [-0.2, -0.15) is 0 Å². The van der Waals surface area contributed by atoms with Crippen LogP contribution in [0.25, 0.3) is 0 Å². The van der Waals surface area contributed by atoms with Crippen molar-refractivity contribution in [2.24, 2.45) is 5.41 Å². The average molecular weight is 398 g/mol. The minimum absolute atomic E-state index is 0.236. The molecule has 0 aliphatic rings. The number of thiophene rings is 1. The Bertz CT molecular complexity index is 809. The van der Waals surface area contributed by atoms with Crippen LogP contribution in [-0.4, -0.2) is 28.7 Å². The van der Waals surface area contributed by atoms with E-state index >= 15 is 0 Å². The van der Waals surface area contributed by atoms with Crippen molar-refractivity contribution in [1.82, 2.24) is 4.72 Å². The van der Waals surface area contributed by atoms with Crippen molar-refractivity contribution >= 4 is 21.4 Å². The quantitative estimate of drug-likeness (QED) is 0.680. The largest absolute Gasteiger partial charge is 0.491 e. The summed E-state index contributed by atoms with van der Waals surface area (Å²) in [6, 6.07) is 8.50. The summed E-state index contributed by atoms with van der Waals surface area (Å²) < 4.78 is 39.3. The van der Waals surface area contributed by atoms with Crippen molar-refractivity contribution in [1.29, 1.82) is 0 Å². The van der Waals surface area contributed by atoms with Crippen LogP contribution in [0.5, 0.6) is 5.75 Å². The molecule has 1 atom stereocenters. The zero-order valence-corrected chi connectivity index (χ0v) is 17.5. The van der Waals surface area contributed by atoms with Crippen molar-refractivity contribution in [2.45, 2.75) is 38.6 Å². The van der Waals surface area contributed by atoms with Crippen LogP contribution in [0.4, 0.5) is 0 Å². The minimum atomic E-state index is -3.66. The highest BCUT2D eigenvalue weighted by atomic mass is 32.2. The van der Waals surface area contributed by atoms with E-state index in [1.165, 1.54) is 0 Å². The predicted molar refractivity (Wildman–Crippen MR) is 105 cm³/mol. The number of hydrogen-bond acceptors (Lipinski definition) is 5. The van der Waals surface area contributed by atoms with Gasteiger partial charge in [0.15, 0.2) is 0 Å². The number of sulfonamides is 1. The number of ether oxygens (including phenoxy) is 2. The molecule has 0 saturated carbocycles. The molecular weight excluding hydrogens is 370 g/mol. The second-order valence-corrected chi connectivity index (χ2v) is 9.90. The first-order chi connectivity index (χ1) is 12.1. The lowest BCUT2D eigenvalue weighted by Crippen LogP contribution is -2.36. The first-order valence-electron chi connectivity index (χ1n) is 8.43. The van der Waals surface area contributed by atoms with E-state index in [1.807, 2.05) is 45.2 Å². The second-order valence-electron chi connectivity index (χ2n) is 7.20. The number of hydrogen-bond donors (Lipinski definition) is 1. The fourth-order valence-electron chi connectivity index (χ4n) is 2.53. The van der Waals surface area contributed by atoms with E-state index < -0.39 is 10.0 Å². The first-order valence-corrected chi connectivity index (χ1v) is 10.8. The van der Waals surface area contributed by atoms with E-state index in [9.17, 15) is 8.42 Å². The molecule has 1 N–H and O–H groups in total. The molecule has 0 saturated heterocycles. The Morgan fingerprint density at radius 3 is 2.46 bits per heavy atom. The van der Waals surface area contributed by atoms with Gasteiger partial charge in [0.25, 0.3) is 0 Å². The summed E-state index contributed by atoms with van der Waals surface area (Å²) in [7, 11) is -2.05. The highest BCUT2D eigenvalue weighted by Crippen LogP contribution is 2.36. The Labute approximate surface area is 160 Å². The van der Waals surface area contributed by atoms with E-state index in [-0.39, 0.29) is 16.4 Å². The van der Waals surface area contributed by atoms with Gasteiger partial charge in [0.05, 0.1) is 17.5 Å². The molecule has 0 spiro atoms. The van der Waals surface area contributed by atoms with Crippen LogP contribution in [0.1, 0.15) is 37.3 Å². The van der Waals surface area contributed by atoms with Crippen molar-refractivity contribution in [3.8, 4) is 5.75 Å². The van der Waals surface area contributed by atoms with E-state index in [2.05, 4.69) is 4.72 Å². The van der Waals surface area contributed by atoms with Gasteiger partial charge in [-0.3, -0.25) is 0 Å². The van der Waals surface area contributed by atoms with E-state index in [1.54, 1.807) is 36.6 Å². The molecule has 2 rings (SSSR count). The molecule has 1 aromatic heterocycles. The van der Waals surface area contributed by atoms with Crippen molar-refractivity contribution in [2.75, 3.05) is 20.3 Å². The smallest absolute Gasteiger partial charge is 0.241 e. The standard InChI is InChI=1S/C19H27NO4S2/c1-14-13-15(8-9-16(14)24-11-10-23-5)26(21,22)20-18(19(2,3)4)17-7-6-12-25-17/h6-9,12-13,18,20H,10-11H2,1-5H3. The van der Waals surface area contributed by atoms with Crippen LogP contribution in [-0.2, 0) is 14.8 Å². The molecule has 1 unspecified atom stereocenters. The zero-order chi connectivity index (χ0) is 19.4. The van der Waals surface area contributed by atoms with Crippen molar-refractivity contribution < 1.29 is 17.9 Å². The molecule has 0 aliphatic heterocycles. The van der Waals surface area contributed by atoms with Crippen LogP contribution in [0.2, 0.25) is 0 Å². The molecule has 0 bridgehead atoms. The van der Waals surface area contributed by atoms with Crippen LogP contribution >= 0.6 is 11.3 Å². The van der Waals surface area contributed by atoms with Gasteiger partial charge in [0.1, 0.15) is 12.4 Å². The molecule has 0 fully saturated rings. The Morgan fingerprint density at radius 2 is 1.92 bits per heavy atom. The summed E-state index contributed by atoms with van der Waals surface area (Å²) in [5, 5.41) is 1.96. The molecule has 0 aliphatic carbocycles. The maximum atomic E-state index is 12.9. The molecule has 2 aromatic rings. The Hall–Kier alpha value is -1.41. The van der Waals surface area contributed by atoms with Crippen molar-refractivity contribution in [3.63, 3.8) is 0 Å². The van der Waals surface area contributed by atoms with Gasteiger partial charge in [-0.25, -0.2) is 13.1 Å². The molecule has 5 nitrogen and oxygen atoms in total. The van der Waals surface area contributed by atoms with Gasteiger partial charge in [-0.15, -0.1) is 11.3 Å². The lowest BCUT2D eigenvalue weighted by Gasteiger charge is -2.30. The minimum Gasteiger partial charge on any atom is -0.491 e. The molecule has 0 amide bonds. The van der Waals surface area contributed by atoms with Gasteiger partial charge >= 0.3 is 0 Å². The number of nitrogens with one attached hydrogen (secondary N) is 1. The summed E-state index contributed by atoms with van der Waals surface area (Å²) in [5.74, 6) is 0.659. The highest BCUT2D eigenvalue weighted by molar-refractivity contribution is 7.89. The predicted octanol–water partition coefficient (Wildman–Crippen LogP) is 4.15. The Balaban J connectivity index is 2.24. The summed E-state index contributed by atoms with van der Waals surface area (Å²) in [4.78, 5) is 1.23. The molecule has 0 radical (unpaired) electrons. The summed E-state index contributed by atoms with van der Waals surface area (Å²) in [5.41, 5.74) is 0.517. The molecule has 144 valence electrons. The average Bonchev–Trinajstić information content (AvgIpc) is 3.07. The fraction of sp³-hybridized carbons (Fsp3) is 0.474. The van der Waals surface area contributed by atoms with Gasteiger partial charge in [0, 0.05) is 12.0 Å². The SMILES string of the molecule is COCCOc1ccc(S(=O)(=O)NC(c2cccs2)C(C)(C)C)cc1C. The summed E-state index contributed by atoms with van der Waals surface area (Å²) >= 11 is 1.55. The molecule has 1 aromatic carbocycles. The molecular formula is C19H27NO4S2. The first kappa shape index (κ1) is 20.9. The lowest BCUT2D eigenvalue weighted by molar-refractivity contribution is 0.146. The van der Waals surface area contributed by atoms with Crippen LogP contribution < -0.4 is 9.46 Å². The number of rotatable bonds is 8. The van der Waals surface area contributed by atoms with E-state index in [4.69, 9.17) is 9.47 Å².